The van der Waals surface area contributed by atoms with Crippen LogP contribution in [0.4, 0.5) is 0 Å². The number of methoxy groups -OCH3 is 2. The molecule has 33 heavy (non-hydrogen) atoms. The summed E-state index contributed by atoms with van der Waals surface area (Å²) < 4.78 is 21.4. The molecule has 3 rings (SSSR count). The Hall–Kier alpha value is -2.89. The number of aliphatic hydroxyl groups excluding tert-OH is 4. The average molecular weight is 464 g/mol. The molecule has 1 fully saturated rings. The number of carbonyl (C=O) groups excluding carboxylic acids is 1. The molecule has 0 unspecified atom stereocenters. The van der Waals surface area contributed by atoms with Gasteiger partial charge in [-0.3, -0.25) is 4.79 Å². The van der Waals surface area contributed by atoms with Crippen molar-refractivity contribution in [3.63, 3.8) is 0 Å². The molecule has 0 aliphatic carbocycles. The molecule has 0 bridgehead atoms. The molecule has 0 radical (unpaired) electrons. The number of phenols is 1. The summed E-state index contributed by atoms with van der Waals surface area (Å²) in [6, 6.07) is 9.45. The van der Waals surface area contributed by atoms with Crippen LogP contribution in [0.5, 0.6) is 23.0 Å². The molecule has 180 valence electrons. The summed E-state index contributed by atoms with van der Waals surface area (Å²) in [6.07, 6.45) is -7.13. The number of aryl methyl sites for hydroxylation is 1. The van der Waals surface area contributed by atoms with Crippen LogP contribution in [0.1, 0.15) is 22.3 Å². The molecule has 2 aromatic carbocycles. The van der Waals surface area contributed by atoms with Crippen molar-refractivity contribution in [2.75, 3.05) is 20.8 Å². The van der Waals surface area contributed by atoms with E-state index >= 15 is 0 Å². The highest BCUT2D eigenvalue weighted by atomic mass is 16.7. The van der Waals surface area contributed by atoms with Crippen LogP contribution in [-0.4, -0.2) is 82.8 Å². The van der Waals surface area contributed by atoms with E-state index in [9.17, 15) is 30.3 Å². The van der Waals surface area contributed by atoms with Crippen LogP contribution in [0, 0.1) is 0 Å². The zero-order valence-corrected chi connectivity index (χ0v) is 18.2. The van der Waals surface area contributed by atoms with Gasteiger partial charge in [0.25, 0.3) is 0 Å². The van der Waals surface area contributed by atoms with Gasteiger partial charge in [0.15, 0.2) is 17.3 Å². The maximum Gasteiger partial charge on any atom is 0.229 e. The van der Waals surface area contributed by atoms with E-state index in [1.54, 1.807) is 18.2 Å². The number of rotatable bonds is 9. The second kappa shape index (κ2) is 10.8. The van der Waals surface area contributed by atoms with Gasteiger partial charge in [0.05, 0.1) is 20.8 Å². The molecule has 10 nitrogen and oxygen atoms in total. The number of carbonyl (C=O) groups is 1. The molecule has 0 saturated carbocycles. The van der Waals surface area contributed by atoms with Crippen LogP contribution in [0.3, 0.4) is 0 Å². The molecule has 5 atom stereocenters. The Bertz CT molecular complexity index is 960. The lowest BCUT2D eigenvalue weighted by Gasteiger charge is -2.39. The van der Waals surface area contributed by atoms with Gasteiger partial charge in [-0.2, -0.15) is 0 Å². The summed E-state index contributed by atoms with van der Waals surface area (Å²) in [7, 11) is 3.04. The number of hydrogen-bond acceptors (Lipinski definition) is 10. The summed E-state index contributed by atoms with van der Waals surface area (Å²) in [5.74, 6) is 0.258. The van der Waals surface area contributed by atoms with Crippen LogP contribution >= 0.6 is 0 Å². The first-order valence-corrected chi connectivity index (χ1v) is 10.3. The van der Waals surface area contributed by atoms with Crippen molar-refractivity contribution < 1.29 is 49.3 Å². The Kier molecular flexibility index (Phi) is 8.11. The fraction of sp³-hybridized carbons (Fsp3) is 0.435. The topological polar surface area (TPSA) is 155 Å². The molecule has 2 aromatic rings. The standard InChI is InChI=1S/C23H28O10/c1-30-15-9-7-12(10-17(15)31-2)6-8-14(26)19-13(25)4-3-5-16(19)32-23-22(29)21(28)20(27)18(11-24)33-23/h3-5,7,9-10,18,20-25,27-29H,6,8,11H2,1-2H3/t18-,20-,21+,22-,23-/m1/s1. The average Bonchev–Trinajstić information content (AvgIpc) is 2.82. The third-order valence-corrected chi connectivity index (χ3v) is 5.46. The van der Waals surface area contributed by atoms with Gasteiger partial charge in [-0.05, 0) is 36.2 Å². The van der Waals surface area contributed by atoms with Gasteiger partial charge >= 0.3 is 0 Å². The summed E-state index contributed by atoms with van der Waals surface area (Å²) in [5, 5.41) is 49.8. The number of ketones is 1. The number of hydrogen-bond donors (Lipinski definition) is 5. The molecular formula is C23H28O10. The van der Waals surface area contributed by atoms with E-state index in [4.69, 9.17) is 18.9 Å². The number of aromatic hydroxyl groups is 1. The summed E-state index contributed by atoms with van der Waals surface area (Å²) in [6.45, 7) is -0.623. The van der Waals surface area contributed by atoms with Crippen molar-refractivity contribution in [1.29, 1.82) is 0 Å². The van der Waals surface area contributed by atoms with E-state index in [-0.39, 0.29) is 23.5 Å². The lowest BCUT2D eigenvalue weighted by molar-refractivity contribution is -0.277. The zero-order valence-electron chi connectivity index (χ0n) is 18.2. The molecule has 0 amide bonds. The predicted molar refractivity (Wildman–Crippen MR) is 115 cm³/mol. The first-order chi connectivity index (χ1) is 15.8. The Labute approximate surface area is 190 Å². The highest BCUT2D eigenvalue weighted by Crippen LogP contribution is 2.33. The van der Waals surface area contributed by atoms with Gasteiger partial charge < -0.3 is 44.5 Å². The molecule has 1 aliphatic heterocycles. The summed E-state index contributed by atoms with van der Waals surface area (Å²) in [5.41, 5.74) is 0.697. The minimum Gasteiger partial charge on any atom is -0.507 e. The third-order valence-electron chi connectivity index (χ3n) is 5.46. The Balaban J connectivity index is 1.77. The van der Waals surface area contributed by atoms with E-state index in [2.05, 4.69) is 0 Å². The van der Waals surface area contributed by atoms with E-state index < -0.39 is 43.1 Å². The Morgan fingerprint density at radius 2 is 1.70 bits per heavy atom. The van der Waals surface area contributed by atoms with Crippen LogP contribution in [0.15, 0.2) is 36.4 Å². The van der Waals surface area contributed by atoms with Crippen molar-refractivity contribution in [3.05, 3.63) is 47.5 Å². The third kappa shape index (κ3) is 5.37. The van der Waals surface area contributed by atoms with Crippen molar-refractivity contribution in [3.8, 4) is 23.0 Å². The monoisotopic (exact) mass is 464 g/mol. The van der Waals surface area contributed by atoms with Crippen LogP contribution in [0.2, 0.25) is 0 Å². The van der Waals surface area contributed by atoms with Crippen molar-refractivity contribution in [2.45, 2.75) is 43.5 Å². The second-order valence-corrected chi connectivity index (χ2v) is 7.58. The SMILES string of the molecule is COc1ccc(CCC(=O)c2c(O)cccc2O[C@@H]2O[C@H](CO)[C@@H](O)[C@H](O)[C@H]2O)cc1OC. The molecule has 0 spiro atoms. The quantitative estimate of drug-likeness (QED) is 0.329. The highest BCUT2D eigenvalue weighted by Gasteiger charge is 2.45. The first-order valence-electron chi connectivity index (χ1n) is 10.3. The van der Waals surface area contributed by atoms with Crippen molar-refractivity contribution in [2.24, 2.45) is 0 Å². The molecule has 1 heterocycles. The van der Waals surface area contributed by atoms with Crippen LogP contribution < -0.4 is 14.2 Å². The fourth-order valence-electron chi connectivity index (χ4n) is 3.61. The Morgan fingerprint density at radius 3 is 2.36 bits per heavy atom. The molecule has 1 aliphatic rings. The first kappa shape index (κ1) is 24.7. The number of Topliss-reactive ketones (excluding diaryl/α,β-unsaturated/α-hetero) is 1. The van der Waals surface area contributed by atoms with Gasteiger partial charge in [-0.1, -0.05) is 12.1 Å². The number of benzene rings is 2. The van der Waals surface area contributed by atoms with Gasteiger partial charge in [-0.25, -0.2) is 0 Å². The van der Waals surface area contributed by atoms with Gasteiger partial charge in [0.2, 0.25) is 6.29 Å². The molecular weight excluding hydrogens is 436 g/mol. The molecule has 1 saturated heterocycles. The number of phenolic OH excluding ortho intramolecular Hbond substituents is 1. The van der Waals surface area contributed by atoms with Crippen LogP contribution in [0.25, 0.3) is 0 Å². The maximum absolute atomic E-state index is 13.0. The molecule has 5 N–H and O–H groups in total. The molecule has 0 aromatic heterocycles. The maximum atomic E-state index is 13.0. The minimum absolute atomic E-state index is 0.0259. The highest BCUT2D eigenvalue weighted by molar-refractivity contribution is 6.01. The zero-order chi connectivity index (χ0) is 24.1. The largest absolute Gasteiger partial charge is 0.507 e. The smallest absolute Gasteiger partial charge is 0.229 e. The van der Waals surface area contributed by atoms with E-state index in [0.717, 1.165) is 5.56 Å². The van der Waals surface area contributed by atoms with Crippen molar-refractivity contribution >= 4 is 5.78 Å². The second-order valence-electron chi connectivity index (χ2n) is 7.58. The molecule has 10 heteroatoms. The van der Waals surface area contributed by atoms with Crippen molar-refractivity contribution in [1.82, 2.24) is 0 Å². The lowest BCUT2D eigenvalue weighted by Crippen LogP contribution is -2.60. The number of aliphatic hydroxyl groups is 4. The van der Waals surface area contributed by atoms with Gasteiger partial charge in [0.1, 0.15) is 41.5 Å². The predicted octanol–water partition coefficient (Wildman–Crippen LogP) is 0.404. The fourth-order valence-corrected chi connectivity index (χ4v) is 3.61. The number of ether oxygens (including phenoxy) is 4. The van der Waals surface area contributed by atoms with E-state index in [1.165, 1.54) is 32.4 Å². The summed E-state index contributed by atoms with van der Waals surface area (Å²) in [4.78, 5) is 13.0. The lowest BCUT2D eigenvalue weighted by atomic mass is 9.99. The summed E-state index contributed by atoms with van der Waals surface area (Å²) >= 11 is 0. The minimum atomic E-state index is -1.65. The Morgan fingerprint density at radius 1 is 0.970 bits per heavy atom. The van der Waals surface area contributed by atoms with E-state index in [0.29, 0.717) is 17.9 Å². The normalized spacial score (nSPS) is 24.8. The van der Waals surface area contributed by atoms with Crippen LogP contribution in [-0.2, 0) is 11.2 Å². The van der Waals surface area contributed by atoms with Gasteiger partial charge in [-0.15, -0.1) is 0 Å². The van der Waals surface area contributed by atoms with Gasteiger partial charge in [0, 0.05) is 6.42 Å². The van der Waals surface area contributed by atoms with E-state index in [1.807, 2.05) is 0 Å².